The second-order valence-electron chi connectivity index (χ2n) is 1.96. The second kappa shape index (κ2) is 4.32. The number of carbonyl (C=O) groups is 1. The van der Waals surface area contributed by atoms with Crippen molar-refractivity contribution in [2.45, 2.75) is 0 Å². The molecule has 0 aliphatic carbocycles. The number of nitrogens with zero attached hydrogens (tertiary/aromatic N) is 1. The van der Waals surface area contributed by atoms with Gasteiger partial charge in [-0.15, -0.1) is 0 Å². The predicted octanol–water partition coefficient (Wildman–Crippen LogP) is -0.502. The van der Waals surface area contributed by atoms with Gasteiger partial charge in [-0.25, -0.2) is 0 Å². The van der Waals surface area contributed by atoms with E-state index in [2.05, 4.69) is 12.2 Å². The molecule has 0 aromatic rings. The molecule has 1 amide bonds. The summed E-state index contributed by atoms with van der Waals surface area (Å²) >= 11 is 0. The zero-order valence-corrected chi connectivity index (χ0v) is 5.98. The van der Waals surface area contributed by atoms with Gasteiger partial charge in [0.1, 0.15) is 0 Å². The van der Waals surface area contributed by atoms with Crippen LogP contribution in [0.15, 0.2) is 0 Å². The van der Waals surface area contributed by atoms with Gasteiger partial charge in [-0.2, -0.15) is 0 Å². The number of amides is 1. The summed E-state index contributed by atoms with van der Waals surface area (Å²) in [6.45, 7) is 4.52. The fourth-order valence-electron chi connectivity index (χ4n) is 0.353. The molecule has 3 heteroatoms. The lowest BCUT2D eigenvalue weighted by Gasteiger charge is -2.09. The summed E-state index contributed by atoms with van der Waals surface area (Å²) in [5.74, 6) is 0.0821. The van der Waals surface area contributed by atoms with E-state index in [1.807, 2.05) is 0 Å². The van der Waals surface area contributed by atoms with E-state index in [1.165, 1.54) is 0 Å². The lowest BCUT2D eigenvalue weighted by Crippen LogP contribution is -2.32. The minimum atomic E-state index is 0.0821. The van der Waals surface area contributed by atoms with Crippen LogP contribution in [0.5, 0.6) is 0 Å². The maximum absolute atomic E-state index is 10.7. The Hall–Kier alpha value is -0.570. The van der Waals surface area contributed by atoms with Gasteiger partial charge in [-0.1, -0.05) is 0 Å². The van der Waals surface area contributed by atoms with E-state index >= 15 is 0 Å². The molecule has 0 atom stereocenters. The van der Waals surface area contributed by atoms with Gasteiger partial charge in [-0.05, 0) is 13.5 Å². The van der Waals surface area contributed by atoms with Gasteiger partial charge < -0.3 is 10.2 Å². The molecule has 0 fully saturated rings. The molecule has 1 radical (unpaired) electrons. The van der Waals surface area contributed by atoms with E-state index in [9.17, 15) is 4.79 Å². The number of hydrogen-bond donors (Lipinski definition) is 1. The van der Waals surface area contributed by atoms with Crippen LogP contribution in [0.3, 0.4) is 0 Å². The molecule has 0 saturated carbocycles. The van der Waals surface area contributed by atoms with Crippen molar-refractivity contribution in [3.63, 3.8) is 0 Å². The normalized spacial score (nSPS) is 9.22. The Morgan fingerprint density at radius 1 is 1.67 bits per heavy atom. The molecule has 1 N–H and O–H groups in total. The molecule has 0 rings (SSSR count). The molecule has 0 bridgehead atoms. The molecule has 0 spiro atoms. The van der Waals surface area contributed by atoms with E-state index in [0.29, 0.717) is 13.1 Å². The topological polar surface area (TPSA) is 32.3 Å². The number of rotatable bonds is 3. The van der Waals surface area contributed by atoms with Gasteiger partial charge >= 0.3 is 0 Å². The molecular formula is C6H13N2O. The third-order valence-electron chi connectivity index (χ3n) is 0.952. The van der Waals surface area contributed by atoms with E-state index in [1.54, 1.807) is 19.0 Å². The van der Waals surface area contributed by atoms with Crippen molar-refractivity contribution < 1.29 is 4.79 Å². The lowest BCUT2D eigenvalue weighted by molar-refractivity contribution is -0.127. The van der Waals surface area contributed by atoms with Crippen molar-refractivity contribution in [1.82, 2.24) is 10.2 Å². The Labute approximate surface area is 56.0 Å². The van der Waals surface area contributed by atoms with Crippen molar-refractivity contribution in [1.29, 1.82) is 0 Å². The van der Waals surface area contributed by atoms with Gasteiger partial charge in [0.15, 0.2) is 0 Å². The van der Waals surface area contributed by atoms with Gasteiger partial charge in [0.2, 0.25) is 5.91 Å². The lowest BCUT2D eigenvalue weighted by atomic mass is 10.5. The van der Waals surface area contributed by atoms with Crippen molar-refractivity contribution in [3.8, 4) is 0 Å². The smallest absolute Gasteiger partial charge is 0.236 e. The summed E-state index contributed by atoms with van der Waals surface area (Å²) in [5, 5.41) is 2.83. The average Bonchev–Trinajstić information content (AvgIpc) is 1.82. The molecule has 0 aliphatic heterocycles. The Bertz CT molecular complexity index is 91.1. The SMILES string of the molecule is [CH2]CNCC(=O)N(C)C. The molecule has 3 nitrogen and oxygen atoms in total. The van der Waals surface area contributed by atoms with Crippen LogP contribution in [0.25, 0.3) is 0 Å². The van der Waals surface area contributed by atoms with E-state index in [-0.39, 0.29) is 5.91 Å². The van der Waals surface area contributed by atoms with Gasteiger partial charge in [0.05, 0.1) is 6.54 Å². The highest BCUT2D eigenvalue weighted by atomic mass is 16.2. The molecule has 0 unspecified atom stereocenters. The number of hydrogen-bond acceptors (Lipinski definition) is 2. The molecule has 9 heavy (non-hydrogen) atoms. The minimum absolute atomic E-state index is 0.0821. The minimum Gasteiger partial charge on any atom is -0.348 e. The summed E-state index contributed by atoms with van der Waals surface area (Å²) in [6.07, 6.45) is 0. The maximum atomic E-state index is 10.7. The van der Waals surface area contributed by atoms with Crippen LogP contribution in [-0.4, -0.2) is 38.0 Å². The number of carbonyl (C=O) groups excluding carboxylic acids is 1. The van der Waals surface area contributed by atoms with Crippen LogP contribution in [0.1, 0.15) is 0 Å². The van der Waals surface area contributed by atoms with Gasteiger partial charge in [0.25, 0.3) is 0 Å². The first-order valence-corrected chi connectivity index (χ1v) is 2.88. The van der Waals surface area contributed by atoms with Crippen LogP contribution < -0.4 is 5.32 Å². The van der Waals surface area contributed by atoms with Crippen LogP contribution in [0.4, 0.5) is 0 Å². The van der Waals surface area contributed by atoms with Crippen molar-refractivity contribution in [2.75, 3.05) is 27.2 Å². The van der Waals surface area contributed by atoms with Gasteiger partial charge in [0, 0.05) is 14.1 Å². The standard InChI is InChI=1S/C6H13N2O/c1-4-7-5-6(9)8(2)3/h7H,1,4-5H2,2-3H3. The molecule has 0 saturated heterocycles. The summed E-state index contributed by atoms with van der Waals surface area (Å²) in [4.78, 5) is 12.3. The highest BCUT2D eigenvalue weighted by Gasteiger charge is 1.99. The summed E-state index contributed by atoms with van der Waals surface area (Å²) < 4.78 is 0. The average molecular weight is 129 g/mol. The largest absolute Gasteiger partial charge is 0.348 e. The van der Waals surface area contributed by atoms with Crippen LogP contribution in [0.2, 0.25) is 0 Å². The Balaban J connectivity index is 3.28. The molecule has 0 aromatic carbocycles. The number of nitrogens with one attached hydrogen (secondary N) is 1. The quantitative estimate of drug-likeness (QED) is 0.557. The summed E-state index contributed by atoms with van der Waals surface area (Å²) in [7, 11) is 3.46. The Kier molecular flexibility index (Phi) is 4.05. The first-order chi connectivity index (χ1) is 4.18. The Morgan fingerprint density at radius 2 is 2.22 bits per heavy atom. The zero-order valence-electron chi connectivity index (χ0n) is 5.98. The molecular weight excluding hydrogens is 116 g/mol. The molecule has 53 valence electrons. The monoisotopic (exact) mass is 129 g/mol. The third-order valence-corrected chi connectivity index (χ3v) is 0.952. The summed E-state index contributed by atoms with van der Waals surface area (Å²) in [5.41, 5.74) is 0. The second-order valence-corrected chi connectivity index (χ2v) is 1.96. The molecule has 0 aromatic heterocycles. The first-order valence-electron chi connectivity index (χ1n) is 2.88. The van der Waals surface area contributed by atoms with Crippen LogP contribution >= 0.6 is 0 Å². The summed E-state index contributed by atoms with van der Waals surface area (Å²) in [6, 6.07) is 0. The fraction of sp³-hybridized carbons (Fsp3) is 0.667. The predicted molar refractivity (Wildman–Crippen MR) is 36.9 cm³/mol. The van der Waals surface area contributed by atoms with Gasteiger partial charge in [-0.3, -0.25) is 4.79 Å². The van der Waals surface area contributed by atoms with Crippen molar-refractivity contribution >= 4 is 5.91 Å². The maximum Gasteiger partial charge on any atom is 0.236 e. The van der Waals surface area contributed by atoms with Crippen LogP contribution in [-0.2, 0) is 4.79 Å². The van der Waals surface area contributed by atoms with E-state index in [4.69, 9.17) is 0 Å². The molecule has 0 aliphatic rings. The highest BCUT2D eigenvalue weighted by Crippen LogP contribution is 1.73. The highest BCUT2D eigenvalue weighted by molar-refractivity contribution is 5.77. The fourth-order valence-corrected chi connectivity index (χ4v) is 0.353. The third kappa shape index (κ3) is 3.97. The van der Waals surface area contributed by atoms with E-state index in [0.717, 1.165) is 0 Å². The van der Waals surface area contributed by atoms with Crippen molar-refractivity contribution in [2.24, 2.45) is 0 Å². The Morgan fingerprint density at radius 3 is 2.56 bits per heavy atom. The zero-order chi connectivity index (χ0) is 7.28. The van der Waals surface area contributed by atoms with Crippen LogP contribution in [0, 0.1) is 6.92 Å². The van der Waals surface area contributed by atoms with Crippen molar-refractivity contribution in [3.05, 3.63) is 6.92 Å². The van der Waals surface area contributed by atoms with E-state index < -0.39 is 0 Å². The first kappa shape index (κ1) is 8.43. The molecule has 0 heterocycles. The number of likely N-dealkylation sites (N-methyl/N-ethyl adjacent to an activating group) is 1.